The van der Waals surface area contributed by atoms with Crippen molar-refractivity contribution in [2.45, 2.75) is 19.4 Å². The number of rotatable bonds is 6. The van der Waals surface area contributed by atoms with E-state index in [4.69, 9.17) is 0 Å². The fourth-order valence-corrected chi connectivity index (χ4v) is 3.61. The van der Waals surface area contributed by atoms with Crippen LogP contribution in [-0.4, -0.2) is 54.9 Å². The molecule has 0 unspecified atom stereocenters. The van der Waals surface area contributed by atoms with Crippen molar-refractivity contribution < 1.29 is 9.59 Å². The van der Waals surface area contributed by atoms with Crippen molar-refractivity contribution in [1.29, 1.82) is 0 Å². The second-order valence-electron chi connectivity index (χ2n) is 7.91. The van der Waals surface area contributed by atoms with Crippen LogP contribution in [0.15, 0.2) is 48.8 Å². The minimum atomic E-state index is -0.941. The molecule has 0 bridgehead atoms. The molecule has 0 atom stereocenters. The summed E-state index contributed by atoms with van der Waals surface area (Å²) in [5, 5.41) is 5.81. The molecule has 2 N–H and O–H groups in total. The van der Waals surface area contributed by atoms with Gasteiger partial charge in [0.15, 0.2) is 0 Å². The molecule has 7 heteroatoms. The predicted molar refractivity (Wildman–Crippen MR) is 113 cm³/mol. The highest BCUT2D eigenvalue weighted by molar-refractivity contribution is 6.13. The summed E-state index contributed by atoms with van der Waals surface area (Å²) in [6.45, 7) is 4.51. The molecule has 1 aromatic heterocycles. The lowest BCUT2D eigenvalue weighted by Crippen LogP contribution is -2.44. The summed E-state index contributed by atoms with van der Waals surface area (Å²) in [5.74, 6) is -0.432. The Kier molecular flexibility index (Phi) is 5.49. The second-order valence-corrected chi connectivity index (χ2v) is 7.91. The smallest absolute Gasteiger partial charge is 0.240 e. The van der Waals surface area contributed by atoms with Crippen LogP contribution in [0.2, 0.25) is 0 Å². The third-order valence-electron chi connectivity index (χ3n) is 5.82. The number of piperazine rings is 1. The number of nitrogens with one attached hydrogen (secondary N) is 2. The van der Waals surface area contributed by atoms with E-state index in [9.17, 15) is 9.59 Å². The van der Waals surface area contributed by atoms with Crippen LogP contribution in [0.5, 0.6) is 0 Å². The molecule has 2 aromatic rings. The quantitative estimate of drug-likeness (QED) is 0.733. The number of aromatic nitrogens is 1. The number of pyridine rings is 1. The molecule has 1 aliphatic heterocycles. The summed E-state index contributed by atoms with van der Waals surface area (Å²) in [6.07, 6.45) is 4.54. The first-order valence-corrected chi connectivity index (χ1v) is 10.1. The van der Waals surface area contributed by atoms with Gasteiger partial charge in [0, 0.05) is 56.5 Å². The van der Waals surface area contributed by atoms with Gasteiger partial charge in [-0.3, -0.25) is 14.6 Å². The highest BCUT2D eigenvalue weighted by atomic mass is 16.2. The van der Waals surface area contributed by atoms with E-state index in [-0.39, 0.29) is 11.8 Å². The molecule has 29 heavy (non-hydrogen) atoms. The standard InChI is InChI=1S/C22H27N5O2/c1-26-12-14-27(15-13-26)19-4-2-18(3-5-19)25-21(29)22(8-9-22)20(28)24-16-17-6-10-23-11-7-17/h2-7,10-11H,8-9,12-16H2,1H3,(H,24,28)(H,25,29). The number of hydrogen-bond donors (Lipinski definition) is 2. The summed E-state index contributed by atoms with van der Waals surface area (Å²) >= 11 is 0. The van der Waals surface area contributed by atoms with Crippen LogP contribution in [-0.2, 0) is 16.1 Å². The van der Waals surface area contributed by atoms with Crippen LogP contribution in [0.4, 0.5) is 11.4 Å². The van der Waals surface area contributed by atoms with Gasteiger partial charge in [0.1, 0.15) is 5.41 Å². The van der Waals surface area contributed by atoms with Gasteiger partial charge < -0.3 is 20.4 Å². The number of hydrogen-bond acceptors (Lipinski definition) is 5. The molecule has 7 nitrogen and oxygen atoms in total. The Morgan fingerprint density at radius 2 is 1.62 bits per heavy atom. The number of carbonyl (C=O) groups is 2. The Labute approximate surface area is 171 Å². The van der Waals surface area contributed by atoms with Crippen molar-refractivity contribution in [3.05, 3.63) is 54.4 Å². The fourth-order valence-electron chi connectivity index (χ4n) is 3.61. The number of anilines is 2. The van der Waals surface area contributed by atoms with Crippen LogP contribution in [0, 0.1) is 5.41 Å². The Bertz CT molecular complexity index is 857. The average Bonchev–Trinajstić information content (AvgIpc) is 3.56. The maximum Gasteiger partial charge on any atom is 0.240 e. The Morgan fingerprint density at radius 1 is 0.966 bits per heavy atom. The summed E-state index contributed by atoms with van der Waals surface area (Å²) < 4.78 is 0. The minimum Gasteiger partial charge on any atom is -0.369 e. The number of carbonyl (C=O) groups excluding carboxylic acids is 2. The van der Waals surface area contributed by atoms with Crippen molar-refractivity contribution in [2.75, 3.05) is 43.4 Å². The largest absolute Gasteiger partial charge is 0.369 e. The van der Waals surface area contributed by atoms with E-state index in [1.54, 1.807) is 12.4 Å². The molecule has 1 aromatic carbocycles. The van der Waals surface area contributed by atoms with Gasteiger partial charge in [0.2, 0.25) is 11.8 Å². The van der Waals surface area contributed by atoms with Gasteiger partial charge in [-0.15, -0.1) is 0 Å². The molecule has 2 fully saturated rings. The molecule has 2 aliphatic rings. The monoisotopic (exact) mass is 393 g/mol. The molecule has 1 saturated heterocycles. The Morgan fingerprint density at radius 3 is 2.24 bits per heavy atom. The van der Waals surface area contributed by atoms with E-state index >= 15 is 0 Å². The van der Waals surface area contributed by atoms with Gasteiger partial charge in [0.05, 0.1) is 0 Å². The van der Waals surface area contributed by atoms with Crippen molar-refractivity contribution in [1.82, 2.24) is 15.2 Å². The van der Waals surface area contributed by atoms with E-state index in [2.05, 4.69) is 32.5 Å². The van der Waals surface area contributed by atoms with E-state index < -0.39 is 5.41 Å². The molecule has 0 spiro atoms. The molecule has 4 rings (SSSR count). The first kappa shape index (κ1) is 19.4. The molecule has 1 aliphatic carbocycles. The van der Waals surface area contributed by atoms with Crippen LogP contribution in [0.3, 0.4) is 0 Å². The van der Waals surface area contributed by atoms with Crippen molar-refractivity contribution in [3.8, 4) is 0 Å². The number of benzene rings is 1. The van der Waals surface area contributed by atoms with Crippen LogP contribution in [0.25, 0.3) is 0 Å². The Balaban J connectivity index is 1.33. The molecule has 2 heterocycles. The van der Waals surface area contributed by atoms with Crippen LogP contribution in [0.1, 0.15) is 18.4 Å². The predicted octanol–water partition coefficient (Wildman–Crippen LogP) is 1.87. The Hall–Kier alpha value is -2.93. The van der Waals surface area contributed by atoms with Crippen molar-refractivity contribution >= 4 is 23.2 Å². The van der Waals surface area contributed by atoms with E-state index in [0.29, 0.717) is 19.4 Å². The number of amides is 2. The van der Waals surface area contributed by atoms with E-state index in [1.807, 2.05) is 36.4 Å². The maximum atomic E-state index is 12.8. The number of nitrogens with zero attached hydrogens (tertiary/aromatic N) is 3. The molecular weight excluding hydrogens is 366 g/mol. The van der Waals surface area contributed by atoms with Crippen LogP contribution >= 0.6 is 0 Å². The van der Waals surface area contributed by atoms with Crippen LogP contribution < -0.4 is 15.5 Å². The van der Waals surface area contributed by atoms with Crippen molar-refractivity contribution in [3.63, 3.8) is 0 Å². The highest BCUT2D eigenvalue weighted by Gasteiger charge is 2.56. The summed E-state index contributed by atoms with van der Waals surface area (Å²) in [5.41, 5.74) is 1.90. The first-order valence-electron chi connectivity index (χ1n) is 10.1. The van der Waals surface area contributed by atoms with Gasteiger partial charge in [-0.05, 0) is 61.9 Å². The number of likely N-dealkylation sites (N-methyl/N-ethyl adjacent to an activating group) is 1. The summed E-state index contributed by atoms with van der Waals surface area (Å²) in [7, 11) is 2.14. The normalized spacial score (nSPS) is 18.2. The van der Waals surface area contributed by atoms with Gasteiger partial charge >= 0.3 is 0 Å². The molecule has 0 radical (unpaired) electrons. The fraction of sp³-hybridized carbons (Fsp3) is 0.409. The lowest BCUT2D eigenvalue weighted by molar-refractivity contribution is -0.134. The van der Waals surface area contributed by atoms with Gasteiger partial charge in [-0.25, -0.2) is 0 Å². The lowest BCUT2D eigenvalue weighted by Gasteiger charge is -2.34. The van der Waals surface area contributed by atoms with E-state index in [0.717, 1.165) is 43.1 Å². The third-order valence-corrected chi connectivity index (χ3v) is 5.82. The SMILES string of the molecule is CN1CCN(c2ccc(NC(=O)C3(C(=O)NCc4ccncc4)CC3)cc2)CC1. The summed E-state index contributed by atoms with van der Waals surface area (Å²) in [4.78, 5) is 34.0. The van der Waals surface area contributed by atoms with Gasteiger partial charge in [-0.1, -0.05) is 0 Å². The maximum absolute atomic E-state index is 12.8. The average molecular weight is 393 g/mol. The zero-order valence-electron chi connectivity index (χ0n) is 16.7. The lowest BCUT2D eigenvalue weighted by atomic mass is 10.0. The van der Waals surface area contributed by atoms with E-state index in [1.165, 1.54) is 0 Å². The zero-order chi connectivity index (χ0) is 20.3. The van der Waals surface area contributed by atoms with Gasteiger partial charge in [-0.2, -0.15) is 0 Å². The second kappa shape index (κ2) is 8.21. The molecule has 152 valence electrons. The molecular formula is C22H27N5O2. The summed E-state index contributed by atoms with van der Waals surface area (Å²) in [6, 6.07) is 11.6. The van der Waals surface area contributed by atoms with Crippen molar-refractivity contribution in [2.24, 2.45) is 5.41 Å². The highest BCUT2D eigenvalue weighted by Crippen LogP contribution is 2.47. The topological polar surface area (TPSA) is 77.6 Å². The minimum absolute atomic E-state index is 0.208. The van der Waals surface area contributed by atoms with Gasteiger partial charge in [0.25, 0.3) is 0 Å². The molecule has 2 amide bonds. The third kappa shape index (κ3) is 4.40. The first-order chi connectivity index (χ1) is 14.1. The molecule has 1 saturated carbocycles. The zero-order valence-corrected chi connectivity index (χ0v) is 16.7.